The molecule has 0 bridgehead atoms. The van der Waals surface area contributed by atoms with Gasteiger partial charge in [0.15, 0.2) is 0 Å². The van der Waals surface area contributed by atoms with Crippen LogP contribution in [0.4, 0.5) is 0 Å². The zero-order chi connectivity index (χ0) is 17.9. The van der Waals surface area contributed by atoms with Crippen molar-refractivity contribution in [1.82, 2.24) is 19.9 Å². The molecule has 0 atom stereocenters. The lowest BCUT2D eigenvalue weighted by atomic mass is 10.1. The van der Waals surface area contributed by atoms with Crippen molar-refractivity contribution >= 4 is 16.8 Å². The Labute approximate surface area is 151 Å². The molecular formula is C21H18N4O. The second kappa shape index (κ2) is 6.80. The molecule has 2 aromatic carbocycles. The van der Waals surface area contributed by atoms with Crippen LogP contribution in [-0.2, 0) is 6.54 Å². The molecule has 1 amide bonds. The van der Waals surface area contributed by atoms with Crippen LogP contribution in [0, 0.1) is 6.92 Å². The van der Waals surface area contributed by atoms with Gasteiger partial charge in [0.25, 0.3) is 5.91 Å². The fourth-order valence-electron chi connectivity index (χ4n) is 3.09. The Hall–Kier alpha value is -3.47. The van der Waals surface area contributed by atoms with Gasteiger partial charge in [-0.15, -0.1) is 0 Å². The molecule has 0 saturated heterocycles. The van der Waals surface area contributed by atoms with E-state index in [9.17, 15) is 4.79 Å². The van der Waals surface area contributed by atoms with E-state index in [0.717, 1.165) is 22.5 Å². The van der Waals surface area contributed by atoms with Gasteiger partial charge in [-0.3, -0.25) is 9.78 Å². The molecule has 1 N–H and O–H groups in total. The number of nitrogens with zero attached hydrogens (tertiary/aromatic N) is 3. The summed E-state index contributed by atoms with van der Waals surface area (Å²) in [5.74, 6) is 0.772. The fourth-order valence-corrected chi connectivity index (χ4v) is 3.09. The average Bonchev–Trinajstić information content (AvgIpc) is 3.11. The summed E-state index contributed by atoms with van der Waals surface area (Å²) in [6.45, 7) is 2.38. The van der Waals surface area contributed by atoms with Gasteiger partial charge in [-0.25, -0.2) is 4.98 Å². The maximum Gasteiger partial charge on any atom is 0.253 e. The topological polar surface area (TPSA) is 59.8 Å². The molecule has 128 valence electrons. The number of benzene rings is 2. The first-order chi connectivity index (χ1) is 12.7. The van der Waals surface area contributed by atoms with Crippen molar-refractivity contribution in [3.8, 4) is 5.69 Å². The zero-order valence-electron chi connectivity index (χ0n) is 14.4. The van der Waals surface area contributed by atoms with Gasteiger partial charge in [0.2, 0.25) is 0 Å². The number of hydrogen-bond donors (Lipinski definition) is 1. The molecule has 4 aromatic rings. The summed E-state index contributed by atoms with van der Waals surface area (Å²) in [4.78, 5) is 21.4. The second-order valence-corrected chi connectivity index (χ2v) is 6.04. The highest BCUT2D eigenvalue weighted by Crippen LogP contribution is 2.18. The van der Waals surface area contributed by atoms with Crippen molar-refractivity contribution in [2.45, 2.75) is 13.5 Å². The van der Waals surface area contributed by atoms with E-state index in [2.05, 4.69) is 15.3 Å². The highest BCUT2D eigenvalue weighted by atomic mass is 16.1. The number of amides is 1. The highest BCUT2D eigenvalue weighted by Gasteiger charge is 2.12. The average molecular weight is 342 g/mol. The predicted octanol–water partition coefficient (Wildman–Crippen LogP) is 3.66. The molecule has 4 rings (SSSR count). The number of hydrogen-bond acceptors (Lipinski definition) is 3. The lowest BCUT2D eigenvalue weighted by Gasteiger charge is -2.13. The molecule has 26 heavy (non-hydrogen) atoms. The van der Waals surface area contributed by atoms with E-state index in [4.69, 9.17) is 0 Å². The van der Waals surface area contributed by atoms with Crippen LogP contribution in [0.15, 0.2) is 73.2 Å². The monoisotopic (exact) mass is 342 g/mol. The van der Waals surface area contributed by atoms with E-state index in [1.807, 2.05) is 66.2 Å². The number of rotatable bonds is 4. The number of aromatic nitrogens is 3. The summed E-state index contributed by atoms with van der Waals surface area (Å²) < 4.78 is 2.01. The van der Waals surface area contributed by atoms with E-state index >= 15 is 0 Å². The van der Waals surface area contributed by atoms with Gasteiger partial charge >= 0.3 is 0 Å². The van der Waals surface area contributed by atoms with Crippen LogP contribution < -0.4 is 5.32 Å². The van der Waals surface area contributed by atoms with Crippen LogP contribution >= 0.6 is 0 Å². The molecule has 0 aliphatic heterocycles. The minimum absolute atomic E-state index is 0.133. The number of para-hydroxylation sites is 2. The third-order valence-electron chi connectivity index (χ3n) is 4.39. The Morgan fingerprint density at radius 2 is 1.85 bits per heavy atom. The Balaban J connectivity index is 1.60. The molecule has 0 aliphatic carbocycles. The number of aryl methyl sites for hydroxylation is 1. The van der Waals surface area contributed by atoms with E-state index in [1.165, 1.54) is 0 Å². The molecule has 0 unspecified atom stereocenters. The first-order valence-electron chi connectivity index (χ1n) is 8.44. The molecule has 5 nitrogen and oxygen atoms in total. The number of carbonyl (C=O) groups is 1. The number of nitrogens with one attached hydrogen (secondary N) is 1. The smallest absolute Gasteiger partial charge is 0.253 e. The van der Waals surface area contributed by atoms with Crippen molar-refractivity contribution < 1.29 is 4.79 Å². The van der Waals surface area contributed by atoms with Crippen LogP contribution in [0.5, 0.6) is 0 Å². The highest BCUT2D eigenvalue weighted by molar-refractivity contribution is 6.05. The summed E-state index contributed by atoms with van der Waals surface area (Å²) in [6, 6.07) is 17.4. The summed E-state index contributed by atoms with van der Waals surface area (Å²) in [6.07, 6.45) is 5.40. The molecule has 2 aromatic heterocycles. The van der Waals surface area contributed by atoms with Gasteiger partial charge in [0, 0.05) is 30.5 Å². The van der Waals surface area contributed by atoms with Crippen LogP contribution in [0.3, 0.4) is 0 Å². The fraction of sp³-hybridized carbons (Fsp3) is 0.0952. The number of carbonyl (C=O) groups excluding carboxylic acids is 1. The summed E-state index contributed by atoms with van der Waals surface area (Å²) >= 11 is 0. The van der Waals surface area contributed by atoms with Crippen LogP contribution in [0.25, 0.3) is 16.6 Å². The third kappa shape index (κ3) is 2.95. The van der Waals surface area contributed by atoms with Crippen molar-refractivity contribution in [3.63, 3.8) is 0 Å². The summed E-state index contributed by atoms with van der Waals surface area (Å²) in [7, 11) is 0. The molecule has 0 spiro atoms. The Morgan fingerprint density at radius 3 is 2.69 bits per heavy atom. The van der Waals surface area contributed by atoms with Gasteiger partial charge in [-0.2, -0.15) is 0 Å². The van der Waals surface area contributed by atoms with Crippen molar-refractivity contribution in [2.75, 3.05) is 0 Å². The molecule has 5 heteroatoms. The molecule has 0 aliphatic rings. The molecule has 0 radical (unpaired) electrons. The first-order valence-corrected chi connectivity index (χ1v) is 8.44. The Kier molecular flexibility index (Phi) is 4.19. The van der Waals surface area contributed by atoms with Crippen molar-refractivity contribution in [1.29, 1.82) is 0 Å². The number of imidazole rings is 1. The van der Waals surface area contributed by atoms with E-state index < -0.39 is 0 Å². The normalized spacial score (nSPS) is 10.8. The molecule has 0 saturated carbocycles. The van der Waals surface area contributed by atoms with E-state index in [0.29, 0.717) is 17.6 Å². The van der Waals surface area contributed by atoms with Crippen molar-refractivity contribution in [2.24, 2.45) is 0 Å². The van der Waals surface area contributed by atoms with Crippen LogP contribution in [0.1, 0.15) is 21.7 Å². The first kappa shape index (κ1) is 16.0. The van der Waals surface area contributed by atoms with Gasteiger partial charge in [0.1, 0.15) is 5.82 Å². The maximum atomic E-state index is 12.7. The zero-order valence-corrected chi connectivity index (χ0v) is 14.4. The molecule has 0 fully saturated rings. The van der Waals surface area contributed by atoms with Crippen molar-refractivity contribution in [3.05, 3.63) is 90.1 Å². The SMILES string of the molecule is Cc1nccn1-c1ccccc1CNC(=O)c1cccc2cccnc12. The predicted molar refractivity (Wildman–Crippen MR) is 101 cm³/mol. The van der Waals surface area contributed by atoms with Gasteiger partial charge in [-0.05, 0) is 30.7 Å². The molecule has 2 heterocycles. The van der Waals surface area contributed by atoms with Gasteiger partial charge in [-0.1, -0.05) is 36.4 Å². The minimum atomic E-state index is -0.133. The Bertz CT molecular complexity index is 1080. The lowest BCUT2D eigenvalue weighted by molar-refractivity contribution is 0.0952. The summed E-state index contributed by atoms with van der Waals surface area (Å²) in [5, 5.41) is 3.97. The standard InChI is InChI=1S/C21H18N4O/c1-15-22-12-13-25(15)19-10-3-2-6-17(19)14-24-21(26)18-9-4-7-16-8-5-11-23-20(16)18/h2-13H,14H2,1H3,(H,24,26). The Morgan fingerprint density at radius 1 is 1.00 bits per heavy atom. The van der Waals surface area contributed by atoms with Gasteiger partial charge < -0.3 is 9.88 Å². The molecular weight excluding hydrogens is 324 g/mol. The lowest BCUT2D eigenvalue weighted by Crippen LogP contribution is -2.24. The summed E-state index contributed by atoms with van der Waals surface area (Å²) in [5.41, 5.74) is 3.33. The second-order valence-electron chi connectivity index (χ2n) is 6.04. The van der Waals surface area contributed by atoms with Crippen LogP contribution in [0.2, 0.25) is 0 Å². The largest absolute Gasteiger partial charge is 0.348 e. The third-order valence-corrected chi connectivity index (χ3v) is 4.39. The number of fused-ring (bicyclic) bond motifs is 1. The van der Waals surface area contributed by atoms with Crippen LogP contribution in [-0.4, -0.2) is 20.4 Å². The van der Waals surface area contributed by atoms with E-state index in [1.54, 1.807) is 18.5 Å². The van der Waals surface area contributed by atoms with Gasteiger partial charge in [0.05, 0.1) is 16.8 Å². The maximum absolute atomic E-state index is 12.7. The van der Waals surface area contributed by atoms with E-state index in [-0.39, 0.29) is 5.91 Å². The quantitative estimate of drug-likeness (QED) is 0.616. The number of pyridine rings is 1. The minimum Gasteiger partial charge on any atom is -0.348 e.